The quantitative estimate of drug-likeness (QED) is 0.899. The van der Waals surface area contributed by atoms with Crippen molar-refractivity contribution < 1.29 is 0 Å². The first kappa shape index (κ1) is 14.3. The maximum absolute atomic E-state index is 4.33. The maximum atomic E-state index is 4.33. The van der Waals surface area contributed by atoms with Gasteiger partial charge in [0.1, 0.15) is 18.0 Å². The van der Waals surface area contributed by atoms with Gasteiger partial charge < -0.3 is 10.2 Å². The zero-order valence-electron chi connectivity index (χ0n) is 12.6. The summed E-state index contributed by atoms with van der Waals surface area (Å²) in [6, 6.07) is 8.34. The first-order valence-electron chi connectivity index (χ1n) is 7.05. The second-order valence-corrected chi connectivity index (χ2v) is 4.88. The van der Waals surface area contributed by atoms with Crippen LogP contribution in [0.25, 0.3) is 0 Å². The van der Waals surface area contributed by atoms with Crippen LogP contribution < -0.4 is 10.2 Å². The summed E-state index contributed by atoms with van der Waals surface area (Å²) >= 11 is 0. The van der Waals surface area contributed by atoms with Gasteiger partial charge in [0.05, 0.1) is 0 Å². The first-order valence-corrected chi connectivity index (χ1v) is 7.05. The third kappa shape index (κ3) is 3.26. The fourth-order valence-electron chi connectivity index (χ4n) is 2.23. The van der Waals surface area contributed by atoms with E-state index in [1.807, 2.05) is 6.07 Å². The number of anilines is 3. The largest absolute Gasteiger partial charge is 0.357 e. The Morgan fingerprint density at radius 1 is 1.05 bits per heavy atom. The molecule has 0 atom stereocenters. The highest BCUT2D eigenvalue weighted by Gasteiger charge is 2.06. The summed E-state index contributed by atoms with van der Waals surface area (Å²) < 4.78 is 0. The van der Waals surface area contributed by atoms with Gasteiger partial charge in [-0.15, -0.1) is 0 Å². The van der Waals surface area contributed by atoms with E-state index in [0.717, 1.165) is 30.4 Å². The summed E-state index contributed by atoms with van der Waals surface area (Å²) in [5.41, 5.74) is 3.56. The highest BCUT2D eigenvalue weighted by molar-refractivity contribution is 5.62. The molecule has 4 nitrogen and oxygen atoms in total. The molecule has 0 bridgehead atoms. The lowest BCUT2D eigenvalue weighted by molar-refractivity contribution is 0.842. The molecule has 2 rings (SSSR count). The molecule has 1 aromatic heterocycles. The number of hydrogen-bond acceptors (Lipinski definition) is 4. The van der Waals surface area contributed by atoms with E-state index in [2.05, 4.69) is 66.1 Å². The zero-order valence-corrected chi connectivity index (χ0v) is 12.6. The Hall–Kier alpha value is -2.10. The van der Waals surface area contributed by atoms with Gasteiger partial charge in [-0.05, 0) is 39.3 Å². The Morgan fingerprint density at radius 2 is 1.80 bits per heavy atom. The van der Waals surface area contributed by atoms with E-state index in [1.165, 1.54) is 11.1 Å². The van der Waals surface area contributed by atoms with Crippen LogP contribution in [0.3, 0.4) is 0 Å². The Labute approximate surface area is 120 Å². The van der Waals surface area contributed by atoms with Gasteiger partial charge >= 0.3 is 0 Å². The van der Waals surface area contributed by atoms with Crippen molar-refractivity contribution in [3.05, 3.63) is 41.7 Å². The molecule has 1 aromatic carbocycles. The van der Waals surface area contributed by atoms with Crippen LogP contribution in [0.5, 0.6) is 0 Å². The third-order valence-electron chi connectivity index (χ3n) is 3.38. The lowest BCUT2D eigenvalue weighted by Crippen LogP contribution is -2.23. The Balaban J connectivity index is 2.23. The topological polar surface area (TPSA) is 41.0 Å². The molecule has 0 saturated carbocycles. The van der Waals surface area contributed by atoms with E-state index in [-0.39, 0.29) is 0 Å². The van der Waals surface area contributed by atoms with Crippen molar-refractivity contribution in [2.75, 3.05) is 23.3 Å². The second-order valence-electron chi connectivity index (χ2n) is 4.88. The molecule has 20 heavy (non-hydrogen) atoms. The van der Waals surface area contributed by atoms with Gasteiger partial charge in [-0.2, -0.15) is 0 Å². The molecule has 1 heterocycles. The molecule has 0 spiro atoms. The Bertz CT molecular complexity index is 576. The van der Waals surface area contributed by atoms with Crippen LogP contribution in [0.1, 0.15) is 25.0 Å². The molecular weight excluding hydrogens is 248 g/mol. The van der Waals surface area contributed by atoms with E-state index in [9.17, 15) is 0 Å². The van der Waals surface area contributed by atoms with Crippen LogP contribution in [0, 0.1) is 13.8 Å². The normalized spacial score (nSPS) is 10.4. The average Bonchev–Trinajstić information content (AvgIpc) is 2.44. The van der Waals surface area contributed by atoms with Gasteiger partial charge in [-0.3, -0.25) is 0 Å². The maximum Gasteiger partial charge on any atom is 0.135 e. The van der Waals surface area contributed by atoms with Gasteiger partial charge in [0, 0.05) is 24.8 Å². The first-order chi connectivity index (χ1) is 9.63. The molecule has 0 amide bonds. The fourth-order valence-corrected chi connectivity index (χ4v) is 2.23. The average molecular weight is 270 g/mol. The summed E-state index contributed by atoms with van der Waals surface area (Å²) in [4.78, 5) is 10.8. The minimum absolute atomic E-state index is 0.828. The molecule has 0 saturated heterocycles. The van der Waals surface area contributed by atoms with E-state index >= 15 is 0 Å². The molecule has 0 unspecified atom stereocenters. The number of benzene rings is 1. The molecule has 4 heteroatoms. The van der Waals surface area contributed by atoms with E-state index in [1.54, 1.807) is 6.33 Å². The van der Waals surface area contributed by atoms with E-state index in [0.29, 0.717) is 0 Å². The summed E-state index contributed by atoms with van der Waals surface area (Å²) in [5, 5.41) is 3.37. The zero-order chi connectivity index (χ0) is 14.5. The van der Waals surface area contributed by atoms with Crippen LogP contribution in [0.15, 0.2) is 30.6 Å². The van der Waals surface area contributed by atoms with Crippen LogP contribution in [-0.4, -0.2) is 23.1 Å². The number of aromatic nitrogens is 2. The van der Waals surface area contributed by atoms with Crippen molar-refractivity contribution in [3.63, 3.8) is 0 Å². The van der Waals surface area contributed by atoms with Gasteiger partial charge in [-0.1, -0.05) is 17.7 Å². The number of rotatable bonds is 5. The molecule has 0 fully saturated rings. The predicted octanol–water partition coefficient (Wildman–Crippen LogP) is 3.68. The molecule has 2 aromatic rings. The Morgan fingerprint density at radius 3 is 2.45 bits per heavy atom. The summed E-state index contributed by atoms with van der Waals surface area (Å²) in [5.74, 6) is 1.78. The number of aryl methyl sites for hydroxylation is 2. The third-order valence-corrected chi connectivity index (χ3v) is 3.38. The van der Waals surface area contributed by atoms with Crippen molar-refractivity contribution in [2.45, 2.75) is 27.7 Å². The van der Waals surface area contributed by atoms with Crippen molar-refractivity contribution in [1.82, 2.24) is 9.97 Å². The van der Waals surface area contributed by atoms with Crippen LogP contribution in [0.2, 0.25) is 0 Å². The molecule has 0 aliphatic heterocycles. The van der Waals surface area contributed by atoms with E-state index in [4.69, 9.17) is 0 Å². The Kier molecular flexibility index (Phi) is 4.56. The predicted molar refractivity (Wildman–Crippen MR) is 84.8 cm³/mol. The summed E-state index contributed by atoms with van der Waals surface area (Å²) in [6.07, 6.45) is 1.61. The number of nitrogens with zero attached hydrogens (tertiary/aromatic N) is 3. The van der Waals surface area contributed by atoms with Crippen LogP contribution >= 0.6 is 0 Å². The van der Waals surface area contributed by atoms with E-state index < -0.39 is 0 Å². The van der Waals surface area contributed by atoms with Crippen molar-refractivity contribution in [2.24, 2.45) is 0 Å². The number of hydrogen-bond donors (Lipinski definition) is 1. The van der Waals surface area contributed by atoms with Crippen molar-refractivity contribution in [3.8, 4) is 0 Å². The SMILES string of the molecule is CCN(CC)c1cc(Nc2ccc(C)cc2C)ncn1. The lowest BCUT2D eigenvalue weighted by atomic mass is 10.1. The minimum Gasteiger partial charge on any atom is -0.357 e. The van der Waals surface area contributed by atoms with Crippen molar-refractivity contribution in [1.29, 1.82) is 0 Å². The minimum atomic E-state index is 0.828. The monoisotopic (exact) mass is 270 g/mol. The smallest absolute Gasteiger partial charge is 0.135 e. The summed E-state index contributed by atoms with van der Waals surface area (Å²) in [6.45, 7) is 10.3. The fraction of sp³-hybridized carbons (Fsp3) is 0.375. The van der Waals surface area contributed by atoms with Gasteiger partial charge in [0.2, 0.25) is 0 Å². The molecule has 0 radical (unpaired) electrons. The van der Waals surface area contributed by atoms with Gasteiger partial charge in [0.15, 0.2) is 0 Å². The molecule has 0 aliphatic carbocycles. The highest BCUT2D eigenvalue weighted by Crippen LogP contribution is 2.22. The molecule has 106 valence electrons. The van der Waals surface area contributed by atoms with Gasteiger partial charge in [0.25, 0.3) is 0 Å². The molecular formula is C16H22N4. The summed E-state index contributed by atoms with van der Waals surface area (Å²) in [7, 11) is 0. The molecule has 0 aliphatic rings. The standard InChI is InChI=1S/C16H22N4/c1-5-20(6-2)16-10-15(17-11-18-16)19-14-8-7-12(3)9-13(14)4/h7-11H,5-6H2,1-4H3,(H,17,18,19). The van der Waals surface area contributed by atoms with Gasteiger partial charge in [-0.25, -0.2) is 9.97 Å². The van der Waals surface area contributed by atoms with Crippen LogP contribution in [0.4, 0.5) is 17.3 Å². The second kappa shape index (κ2) is 6.37. The number of nitrogens with one attached hydrogen (secondary N) is 1. The van der Waals surface area contributed by atoms with Crippen LogP contribution in [-0.2, 0) is 0 Å². The molecule has 1 N–H and O–H groups in total. The lowest BCUT2D eigenvalue weighted by Gasteiger charge is -2.20. The highest BCUT2D eigenvalue weighted by atomic mass is 15.2. The van der Waals surface area contributed by atoms with Crippen molar-refractivity contribution >= 4 is 17.3 Å².